The Morgan fingerprint density at radius 2 is 1.72 bits per heavy atom. The second-order valence-electron chi connectivity index (χ2n) is 7.98. The van der Waals surface area contributed by atoms with Gasteiger partial charge in [0.15, 0.2) is 0 Å². The third-order valence-corrected chi connectivity index (χ3v) is 5.70. The molecule has 2 aliphatic heterocycles. The maximum absolute atomic E-state index is 5.88. The van der Waals surface area contributed by atoms with Gasteiger partial charge < -0.3 is 20.1 Å². The zero-order valence-electron chi connectivity index (χ0n) is 16.0. The molecule has 2 saturated heterocycles. The smallest absolute Gasteiger partial charge is 0.0565 e. The molecule has 4 nitrogen and oxygen atoms in total. The van der Waals surface area contributed by atoms with Crippen LogP contribution >= 0.6 is 0 Å². The van der Waals surface area contributed by atoms with E-state index in [1.807, 2.05) is 0 Å². The van der Waals surface area contributed by atoms with Gasteiger partial charge in [0.2, 0.25) is 0 Å². The first kappa shape index (κ1) is 18.8. The molecule has 4 heteroatoms. The fourth-order valence-corrected chi connectivity index (χ4v) is 4.33. The van der Waals surface area contributed by atoms with Crippen LogP contribution in [-0.2, 0) is 9.47 Å². The largest absolute Gasteiger partial charge is 0.381 e. The zero-order valence-corrected chi connectivity index (χ0v) is 16.0. The molecule has 0 aliphatic carbocycles. The van der Waals surface area contributed by atoms with E-state index in [1.54, 1.807) is 0 Å². The first-order valence-corrected chi connectivity index (χ1v) is 9.85. The van der Waals surface area contributed by atoms with Gasteiger partial charge >= 0.3 is 0 Å². The summed E-state index contributed by atoms with van der Waals surface area (Å²) in [6.45, 7) is 9.32. The summed E-state index contributed by atoms with van der Waals surface area (Å²) >= 11 is 0. The van der Waals surface area contributed by atoms with Gasteiger partial charge in [0.25, 0.3) is 0 Å². The predicted molar refractivity (Wildman–Crippen MR) is 102 cm³/mol. The van der Waals surface area contributed by atoms with E-state index in [0.717, 1.165) is 45.4 Å². The number of hydrogen-bond donors (Lipinski definition) is 2. The van der Waals surface area contributed by atoms with Gasteiger partial charge in [0.1, 0.15) is 0 Å². The number of benzene rings is 1. The lowest BCUT2D eigenvalue weighted by Crippen LogP contribution is -2.58. The van der Waals surface area contributed by atoms with Gasteiger partial charge in [-0.05, 0) is 52.0 Å². The van der Waals surface area contributed by atoms with Crippen LogP contribution in [0.5, 0.6) is 0 Å². The van der Waals surface area contributed by atoms with Crippen LogP contribution in [0.3, 0.4) is 0 Å². The Morgan fingerprint density at radius 3 is 2.36 bits per heavy atom. The van der Waals surface area contributed by atoms with E-state index >= 15 is 0 Å². The summed E-state index contributed by atoms with van der Waals surface area (Å²) in [7, 11) is 0. The Morgan fingerprint density at radius 1 is 1.08 bits per heavy atom. The first-order chi connectivity index (χ1) is 12.1. The summed E-state index contributed by atoms with van der Waals surface area (Å²) in [5.41, 5.74) is 1.46. The molecule has 2 heterocycles. The Kier molecular flexibility index (Phi) is 6.50. The van der Waals surface area contributed by atoms with E-state index in [-0.39, 0.29) is 5.54 Å². The molecule has 2 fully saturated rings. The second-order valence-corrected chi connectivity index (χ2v) is 7.98. The minimum Gasteiger partial charge on any atom is -0.381 e. The Labute approximate surface area is 152 Å². The van der Waals surface area contributed by atoms with Crippen LogP contribution in [0.1, 0.15) is 58.1 Å². The molecule has 25 heavy (non-hydrogen) atoms. The van der Waals surface area contributed by atoms with Crippen LogP contribution in [0, 0.1) is 0 Å². The van der Waals surface area contributed by atoms with Crippen LogP contribution in [0.4, 0.5) is 0 Å². The molecule has 2 aliphatic rings. The number of hydrogen-bond acceptors (Lipinski definition) is 4. The van der Waals surface area contributed by atoms with E-state index in [4.69, 9.17) is 9.47 Å². The highest BCUT2D eigenvalue weighted by Crippen LogP contribution is 2.26. The van der Waals surface area contributed by atoms with Crippen molar-refractivity contribution in [1.29, 1.82) is 0 Å². The fraction of sp³-hybridized carbons (Fsp3) is 0.714. The van der Waals surface area contributed by atoms with Gasteiger partial charge in [-0.1, -0.05) is 30.3 Å². The fourth-order valence-electron chi connectivity index (χ4n) is 4.33. The summed E-state index contributed by atoms with van der Waals surface area (Å²) < 4.78 is 11.5. The van der Waals surface area contributed by atoms with Gasteiger partial charge in [0.05, 0.1) is 12.2 Å². The first-order valence-electron chi connectivity index (χ1n) is 9.85. The van der Waals surface area contributed by atoms with Crippen LogP contribution in [-0.4, -0.2) is 43.5 Å². The monoisotopic (exact) mass is 346 g/mol. The normalized spacial score (nSPS) is 30.8. The van der Waals surface area contributed by atoms with E-state index in [1.165, 1.54) is 5.56 Å². The average Bonchev–Trinajstić information content (AvgIpc) is 2.61. The minimum atomic E-state index is 0.109. The molecule has 3 atom stereocenters. The number of nitrogens with one attached hydrogen (secondary N) is 2. The van der Waals surface area contributed by atoms with Crippen LogP contribution in [0.15, 0.2) is 30.3 Å². The average molecular weight is 347 g/mol. The van der Waals surface area contributed by atoms with Crippen LogP contribution < -0.4 is 10.6 Å². The van der Waals surface area contributed by atoms with Crippen molar-refractivity contribution in [3.8, 4) is 0 Å². The molecule has 0 radical (unpaired) electrons. The van der Waals surface area contributed by atoms with Gasteiger partial charge in [-0.3, -0.25) is 0 Å². The summed E-state index contributed by atoms with van der Waals surface area (Å²) in [5.74, 6) is 0. The molecule has 0 amide bonds. The molecule has 3 rings (SSSR count). The summed E-state index contributed by atoms with van der Waals surface area (Å²) in [4.78, 5) is 0. The second kappa shape index (κ2) is 8.63. The lowest BCUT2D eigenvalue weighted by Gasteiger charge is -2.42. The molecule has 1 aromatic carbocycles. The maximum Gasteiger partial charge on any atom is 0.0565 e. The number of ether oxygens (including phenoxy) is 2. The summed E-state index contributed by atoms with van der Waals surface area (Å²) in [6, 6.07) is 11.6. The van der Waals surface area contributed by atoms with Gasteiger partial charge in [-0.15, -0.1) is 0 Å². The zero-order chi connectivity index (χ0) is 17.7. The minimum absolute atomic E-state index is 0.109. The highest BCUT2D eigenvalue weighted by atomic mass is 16.5. The lowest BCUT2D eigenvalue weighted by atomic mass is 9.87. The molecule has 0 saturated carbocycles. The lowest BCUT2D eigenvalue weighted by molar-refractivity contribution is -0.0445. The van der Waals surface area contributed by atoms with Crippen LogP contribution in [0.25, 0.3) is 0 Å². The van der Waals surface area contributed by atoms with Crippen LogP contribution in [0.2, 0.25) is 0 Å². The Bertz CT molecular complexity index is 506. The van der Waals surface area contributed by atoms with Gasteiger partial charge in [-0.25, -0.2) is 0 Å². The topological polar surface area (TPSA) is 42.5 Å². The van der Waals surface area contributed by atoms with Crippen molar-refractivity contribution in [2.24, 2.45) is 0 Å². The van der Waals surface area contributed by atoms with Crippen molar-refractivity contribution < 1.29 is 9.47 Å². The van der Waals surface area contributed by atoms with E-state index in [2.05, 4.69) is 61.7 Å². The standard InChI is InChI=1S/C21H34N2O2/c1-16-13-20(14-17(2)25-16)22-15-21(9-11-24-12-10-21)23-18(3)19-7-5-4-6-8-19/h4-8,16-18,20,22-23H,9-15H2,1-3H3/t16-,17-,18+/m1/s1. The molecule has 0 spiro atoms. The highest BCUT2D eigenvalue weighted by molar-refractivity contribution is 5.19. The molecule has 2 N–H and O–H groups in total. The molecular weight excluding hydrogens is 312 g/mol. The molecule has 0 aromatic heterocycles. The number of rotatable bonds is 6. The summed E-state index contributed by atoms with van der Waals surface area (Å²) in [5, 5.41) is 7.79. The SMILES string of the molecule is C[C@@H]1CC(NCC2(N[C@@H](C)c3ccccc3)CCOCC2)C[C@@H](C)O1. The molecule has 140 valence electrons. The third kappa shape index (κ3) is 5.27. The highest BCUT2D eigenvalue weighted by Gasteiger charge is 2.35. The van der Waals surface area contributed by atoms with Gasteiger partial charge in [0, 0.05) is 37.4 Å². The Hall–Kier alpha value is -0.940. The van der Waals surface area contributed by atoms with Gasteiger partial charge in [-0.2, -0.15) is 0 Å². The van der Waals surface area contributed by atoms with E-state index in [0.29, 0.717) is 24.3 Å². The predicted octanol–water partition coefficient (Wildman–Crippen LogP) is 3.43. The molecular formula is C21H34N2O2. The van der Waals surface area contributed by atoms with Crippen molar-refractivity contribution in [1.82, 2.24) is 10.6 Å². The van der Waals surface area contributed by atoms with Crippen molar-refractivity contribution in [2.45, 2.75) is 76.3 Å². The van der Waals surface area contributed by atoms with Crippen molar-refractivity contribution in [3.05, 3.63) is 35.9 Å². The Balaban J connectivity index is 1.62. The summed E-state index contributed by atoms with van der Waals surface area (Å²) in [6.07, 6.45) is 5.03. The molecule has 0 unspecified atom stereocenters. The van der Waals surface area contributed by atoms with Crippen molar-refractivity contribution in [3.63, 3.8) is 0 Å². The quantitative estimate of drug-likeness (QED) is 0.828. The van der Waals surface area contributed by atoms with Crippen molar-refractivity contribution in [2.75, 3.05) is 19.8 Å². The maximum atomic E-state index is 5.88. The molecule has 1 aromatic rings. The van der Waals surface area contributed by atoms with E-state index in [9.17, 15) is 0 Å². The molecule has 0 bridgehead atoms. The van der Waals surface area contributed by atoms with Crippen molar-refractivity contribution >= 4 is 0 Å². The third-order valence-electron chi connectivity index (χ3n) is 5.70. The van der Waals surface area contributed by atoms with E-state index < -0.39 is 0 Å².